The maximum atomic E-state index is 13.8. The van der Waals surface area contributed by atoms with E-state index in [0.717, 1.165) is 18.4 Å². The van der Waals surface area contributed by atoms with E-state index in [-0.39, 0.29) is 29.5 Å². The lowest BCUT2D eigenvalue weighted by atomic mass is 10.1. The van der Waals surface area contributed by atoms with Crippen LogP contribution in [0.4, 0.5) is 15.1 Å². The first kappa shape index (κ1) is 24.7. The fourth-order valence-electron chi connectivity index (χ4n) is 3.62. The van der Waals surface area contributed by atoms with Crippen molar-refractivity contribution in [2.24, 2.45) is 5.92 Å². The van der Waals surface area contributed by atoms with Crippen LogP contribution in [0.3, 0.4) is 0 Å². The molecule has 2 N–H and O–H groups in total. The number of nitrogens with one attached hydrogen (secondary N) is 2. The average Bonchev–Trinajstić information content (AvgIpc) is 3.52. The lowest BCUT2D eigenvalue weighted by molar-refractivity contribution is -0.116. The molecule has 1 aliphatic rings. The van der Waals surface area contributed by atoms with Crippen LogP contribution < -0.4 is 10.6 Å². The second-order valence-electron chi connectivity index (χ2n) is 9.84. The fourth-order valence-corrected chi connectivity index (χ4v) is 3.79. The third-order valence-corrected chi connectivity index (χ3v) is 5.78. The van der Waals surface area contributed by atoms with Gasteiger partial charge in [0.05, 0.1) is 16.4 Å². The smallest absolute Gasteiger partial charge is 0.318 e. The number of anilines is 1. The number of halogens is 2. The highest BCUT2D eigenvalue weighted by molar-refractivity contribution is 6.30. The summed E-state index contributed by atoms with van der Waals surface area (Å²) in [7, 11) is 0. The monoisotopic (exact) mass is 497 g/mol. The standard InChI is InChI=1S/C26H29ClFN5O2/c1-26(2,3)31-25(35)32(14-17-9-10-17)16-23(34)30-24-29-22(18-7-5-4-6-8-18)15-33(24)19-11-12-21(28)20(27)13-19/h4-8,11-13,15,17H,9-10,14,16H2,1-3H3,(H,31,35)(H,29,30,34). The number of rotatable bonds is 7. The summed E-state index contributed by atoms with van der Waals surface area (Å²) in [5.41, 5.74) is 1.61. The highest BCUT2D eigenvalue weighted by atomic mass is 35.5. The van der Waals surface area contributed by atoms with Gasteiger partial charge in [-0.25, -0.2) is 14.2 Å². The molecule has 0 spiro atoms. The first-order chi connectivity index (χ1) is 16.6. The lowest BCUT2D eigenvalue weighted by Gasteiger charge is -2.28. The first-order valence-electron chi connectivity index (χ1n) is 11.6. The summed E-state index contributed by atoms with van der Waals surface area (Å²) in [4.78, 5) is 32.0. The number of urea groups is 1. The van der Waals surface area contributed by atoms with Crippen LogP contribution in [0.15, 0.2) is 54.7 Å². The topological polar surface area (TPSA) is 79.3 Å². The minimum absolute atomic E-state index is 0.0378. The molecule has 35 heavy (non-hydrogen) atoms. The van der Waals surface area contributed by atoms with Crippen molar-refractivity contribution >= 4 is 29.5 Å². The van der Waals surface area contributed by atoms with Gasteiger partial charge >= 0.3 is 6.03 Å². The molecule has 0 bridgehead atoms. The maximum Gasteiger partial charge on any atom is 0.318 e. The van der Waals surface area contributed by atoms with Gasteiger partial charge in [-0.2, -0.15) is 0 Å². The average molecular weight is 498 g/mol. The van der Waals surface area contributed by atoms with Crippen LogP contribution in [0.5, 0.6) is 0 Å². The Labute approximate surface area is 209 Å². The van der Waals surface area contributed by atoms with E-state index in [9.17, 15) is 14.0 Å². The van der Waals surface area contributed by atoms with Crippen LogP contribution in [0.25, 0.3) is 16.9 Å². The molecule has 1 saturated carbocycles. The molecular weight excluding hydrogens is 469 g/mol. The third-order valence-electron chi connectivity index (χ3n) is 5.49. The van der Waals surface area contributed by atoms with Gasteiger partial charge in [-0.3, -0.25) is 14.7 Å². The number of aromatic nitrogens is 2. The van der Waals surface area contributed by atoms with Crippen LogP contribution >= 0.6 is 11.6 Å². The number of nitrogens with zero attached hydrogens (tertiary/aromatic N) is 3. The van der Waals surface area contributed by atoms with Crippen LogP contribution in [-0.4, -0.2) is 45.0 Å². The molecular formula is C26H29ClFN5O2. The molecule has 9 heteroatoms. The quantitative estimate of drug-likeness (QED) is 0.453. The number of carbonyl (C=O) groups excluding carboxylic acids is 2. The summed E-state index contributed by atoms with van der Waals surface area (Å²) in [6.45, 7) is 6.10. The van der Waals surface area contributed by atoms with Crippen LogP contribution in [-0.2, 0) is 4.79 Å². The minimum Gasteiger partial charge on any atom is -0.333 e. The zero-order valence-electron chi connectivity index (χ0n) is 20.0. The van der Waals surface area contributed by atoms with Gasteiger partial charge in [0.25, 0.3) is 0 Å². The van der Waals surface area contributed by atoms with Gasteiger partial charge in [0.2, 0.25) is 11.9 Å². The van der Waals surface area contributed by atoms with Gasteiger partial charge in [-0.1, -0.05) is 41.9 Å². The van der Waals surface area contributed by atoms with Crippen molar-refractivity contribution in [2.45, 2.75) is 39.2 Å². The summed E-state index contributed by atoms with van der Waals surface area (Å²) in [6.07, 6.45) is 3.86. The van der Waals surface area contributed by atoms with E-state index in [1.54, 1.807) is 21.7 Å². The summed E-state index contributed by atoms with van der Waals surface area (Å²) >= 11 is 6.01. The van der Waals surface area contributed by atoms with E-state index in [1.165, 1.54) is 12.1 Å². The molecule has 1 fully saturated rings. The number of hydrogen-bond donors (Lipinski definition) is 2. The van der Waals surface area contributed by atoms with E-state index in [4.69, 9.17) is 11.6 Å². The Kier molecular flexibility index (Phi) is 7.12. The normalized spacial score (nSPS) is 13.4. The molecule has 1 heterocycles. The molecule has 3 amide bonds. The second-order valence-corrected chi connectivity index (χ2v) is 10.2. The van der Waals surface area contributed by atoms with Gasteiger partial charge in [0, 0.05) is 23.8 Å². The van der Waals surface area contributed by atoms with Crippen molar-refractivity contribution in [3.63, 3.8) is 0 Å². The predicted molar refractivity (Wildman–Crippen MR) is 135 cm³/mol. The zero-order chi connectivity index (χ0) is 25.2. The predicted octanol–water partition coefficient (Wildman–Crippen LogP) is 5.49. The largest absolute Gasteiger partial charge is 0.333 e. The van der Waals surface area contributed by atoms with Crippen molar-refractivity contribution in [3.05, 3.63) is 65.6 Å². The number of amides is 3. The van der Waals surface area contributed by atoms with Gasteiger partial charge in [0.1, 0.15) is 12.4 Å². The van der Waals surface area contributed by atoms with Crippen molar-refractivity contribution in [1.29, 1.82) is 0 Å². The Morgan fingerprint density at radius 1 is 1.17 bits per heavy atom. The van der Waals surface area contributed by atoms with E-state index in [0.29, 0.717) is 23.8 Å². The van der Waals surface area contributed by atoms with Crippen LogP contribution in [0.2, 0.25) is 5.02 Å². The Morgan fingerprint density at radius 3 is 2.51 bits per heavy atom. The molecule has 0 saturated heterocycles. The molecule has 0 aliphatic heterocycles. The highest BCUT2D eigenvalue weighted by Crippen LogP contribution is 2.30. The van der Waals surface area contributed by atoms with Crippen molar-refractivity contribution < 1.29 is 14.0 Å². The maximum absolute atomic E-state index is 13.8. The molecule has 0 atom stereocenters. The number of carbonyl (C=O) groups is 2. The molecule has 0 unspecified atom stereocenters. The molecule has 184 valence electrons. The van der Waals surface area contributed by atoms with Gasteiger partial charge in [-0.05, 0) is 57.7 Å². The number of benzene rings is 2. The lowest BCUT2D eigenvalue weighted by Crippen LogP contribution is -2.51. The van der Waals surface area contributed by atoms with Crippen molar-refractivity contribution in [3.8, 4) is 16.9 Å². The molecule has 1 aromatic heterocycles. The van der Waals surface area contributed by atoms with Crippen molar-refractivity contribution in [1.82, 2.24) is 19.8 Å². The third kappa shape index (κ3) is 6.60. The summed E-state index contributed by atoms with van der Waals surface area (Å²) in [6, 6.07) is 13.5. The molecule has 4 rings (SSSR count). The van der Waals surface area contributed by atoms with Crippen LogP contribution in [0, 0.1) is 11.7 Å². The molecule has 0 radical (unpaired) electrons. The summed E-state index contributed by atoms with van der Waals surface area (Å²) in [5.74, 6) is -0.250. The van der Waals surface area contributed by atoms with Crippen molar-refractivity contribution in [2.75, 3.05) is 18.4 Å². The SMILES string of the molecule is CC(C)(C)NC(=O)N(CC(=O)Nc1nc(-c2ccccc2)cn1-c1ccc(F)c(Cl)c1)CC1CC1. The number of imidazole rings is 1. The second kappa shape index (κ2) is 10.1. The Bertz CT molecular complexity index is 1220. The fraction of sp³-hybridized carbons (Fsp3) is 0.346. The Balaban J connectivity index is 1.59. The Morgan fingerprint density at radius 2 is 1.89 bits per heavy atom. The van der Waals surface area contributed by atoms with E-state index in [1.807, 2.05) is 51.1 Å². The van der Waals surface area contributed by atoms with E-state index >= 15 is 0 Å². The summed E-state index contributed by atoms with van der Waals surface area (Å²) < 4.78 is 15.4. The minimum atomic E-state index is -0.537. The zero-order valence-corrected chi connectivity index (χ0v) is 20.8. The molecule has 2 aromatic carbocycles. The Hall–Kier alpha value is -3.39. The summed E-state index contributed by atoms with van der Waals surface area (Å²) in [5, 5.41) is 5.72. The van der Waals surface area contributed by atoms with Gasteiger partial charge < -0.3 is 10.2 Å². The number of hydrogen-bond acceptors (Lipinski definition) is 3. The molecule has 1 aliphatic carbocycles. The van der Waals surface area contributed by atoms with E-state index < -0.39 is 11.4 Å². The highest BCUT2D eigenvalue weighted by Gasteiger charge is 2.30. The van der Waals surface area contributed by atoms with E-state index in [2.05, 4.69) is 15.6 Å². The van der Waals surface area contributed by atoms with Gasteiger partial charge in [-0.15, -0.1) is 0 Å². The first-order valence-corrected chi connectivity index (χ1v) is 11.9. The molecule has 7 nitrogen and oxygen atoms in total. The van der Waals surface area contributed by atoms with Gasteiger partial charge in [0.15, 0.2) is 0 Å². The van der Waals surface area contributed by atoms with Crippen LogP contribution in [0.1, 0.15) is 33.6 Å². The molecule has 3 aromatic rings.